The summed E-state index contributed by atoms with van der Waals surface area (Å²) in [5.41, 5.74) is 1.23. The molecule has 0 atom stereocenters. The molecule has 2 rings (SSSR count). The van der Waals surface area contributed by atoms with E-state index in [1.54, 1.807) is 37.4 Å². The number of amides is 1. The number of nitrogens with one attached hydrogen (secondary N) is 2. The number of methoxy groups -OCH3 is 1. The Hall–Kier alpha value is -1.91. The van der Waals surface area contributed by atoms with E-state index in [0.29, 0.717) is 27.2 Å². The van der Waals surface area contributed by atoms with Gasteiger partial charge in [-0.25, -0.2) is 0 Å². The van der Waals surface area contributed by atoms with Gasteiger partial charge in [0.05, 0.1) is 35.1 Å². The van der Waals surface area contributed by atoms with Crippen molar-refractivity contribution in [2.24, 2.45) is 0 Å². The summed E-state index contributed by atoms with van der Waals surface area (Å²) in [5.74, 6) is 0.391. The molecule has 2 aromatic carbocycles. The van der Waals surface area contributed by atoms with Crippen LogP contribution in [0.1, 0.15) is 0 Å². The highest BCUT2D eigenvalue weighted by molar-refractivity contribution is 6.43. The van der Waals surface area contributed by atoms with Crippen molar-refractivity contribution >= 4 is 40.5 Å². The van der Waals surface area contributed by atoms with Gasteiger partial charge in [-0.2, -0.15) is 0 Å². The highest BCUT2D eigenvalue weighted by atomic mass is 35.5. The number of para-hydroxylation sites is 2. The molecular formula is C15H14Cl2N2O2. The van der Waals surface area contributed by atoms with Crippen LogP contribution in [-0.4, -0.2) is 19.6 Å². The van der Waals surface area contributed by atoms with Gasteiger partial charge >= 0.3 is 0 Å². The van der Waals surface area contributed by atoms with Crippen molar-refractivity contribution in [2.75, 3.05) is 24.3 Å². The third-order valence-corrected chi connectivity index (χ3v) is 3.59. The van der Waals surface area contributed by atoms with Gasteiger partial charge < -0.3 is 15.4 Å². The Balaban J connectivity index is 1.98. The molecule has 21 heavy (non-hydrogen) atoms. The second-order valence-electron chi connectivity index (χ2n) is 4.20. The molecule has 0 aliphatic carbocycles. The third-order valence-electron chi connectivity index (χ3n) is 2.77. The van der Waals surface area contributed by atoms with Gasteiger partial charge in [0.15, 0.2) is 0 Å². The van der Waals surface area contributed by atoms with E-state index in [1.165, 1.54) is 0 Å². The van der Waals surface area contributed by atoms with Gasteiger partial charge in [0.2, 0.25) is 5.91 Å². The average molecular weight is 325 g/mol. The van der Waals surface area contributed by atoms with Crippen LogP contribution < -0.4 is 15.4 Å². The van der Waals surface area contributed by atoms with Crippen LogP contribution in [0.25, 0.3) is 0 Å². The highest BCUT2D eigenvalue weighted by Crippen LogP contribution is 2.29. The van der Waals surface area contributed by atoms with E-state index in [1.807, 2.05) is 12.1 Å². The first-order valence-electron chi connectivity index (χ1n) is 6.22. The van der Waals surface area contributed by atoms with Crippen molar-refractivity contribution in [3.05, 3.63) is 52.5 Å². The maximum Gasteiger partial charge on any atom is 0.243 e. The topological polar surface area (TPSA) is 50.4 Å². The molecule has 0 unspecified atom stereocenters. The van der Waals surface area contributed by atoms with Gasteiger partial charge in [0, 0.05) is 0 Å². The minimum absolute atomic E-state index is 0.0676. The number of carbonyl (C=O) groups excluding carboxylic acids is 1. The largest absolute Gasteiger partial charge is 0.495 e. The third kappa shape index (κ3) is 4.03. The zero-order valence-electron chi connectivity index (χ0n) is 11.3. The standard InChI is InChI=1S/C15H14Cl2N2O2/c1-21-13-8-3-2-6-11(13)19-14(20)9-18-12-7-4-5-10(16)15(12)17/h2-8,18H,9H2,1H3,(H,19,20). The molecule has 110 valence electrons. The van der Waals surface area contributed by atoms with Crippen LogP contribution in [0.2, 0.25) is 10.0 Å². The first-order valence-corrected chi connectivity index (χ1v) is 6.98. The van der Waals surface area contributed by atoms with Crippen molar-refractivity contribution in [1.82, 2.24) is 0 Å². The lowest BCUT2D eigenvalue weighted by atomic mass is 10.3. The predicted octanol–water partition coefficient (Wildman–Crippen LogP) is 4.05. The summed E-state index contributed by atoms with van der Waals surface area (Å²) in [7, 11) is 1.55. The van der Waals surface area contributed by atoms with Crippen molar-refractivity contribution in [3.63, 3.8) is 0 Å². The Labute approximate surface area is 133 Å². The molecule has 1 amide bonds. The minimum atomic E-state index is -0.212. The van der Waals surface area contributed by atoms with Crippen molar-refractivity contribution in [1.29, 1.82) is 0 Å². The maximum absolute atomic E-state index is 11.9. The lowest BCUT2D eigenvalue weighted by Gasteiger charge is -2.11. The number of ether oxygens (including phenoxy) is 1. The molecule has 2 aromatic rings. The van der Waals surface area contributed by atoms with Crippen LogP contribution >= 0.6 is 23.2 Å². The number of halogens is 2. The molecule has 0 bridgehead atoms. The van der Waals surface area contributed by atoms with Crippen molar-refractivity contribution in [2.45, 2.75) is 0 Å². The summed E-state index contributed by atoms with van der Waals surface area (Å²) in [6.45, 7) is 0.0676. The van der Waals surface area contributed by atoms with Crippen LogP contribution in [0.15, 0.2) is 42.5 Å². The van der Waals surface area contributed by atoms with Crippen LogP contribution in [-0.2, 0) is 4.79 Å². The van der Waals surface area contributed by atoms with E-state index in [9.17, 15) is 4.79 Å². The molecule has 0 fully saturated rings. The van der Waals surface area contributed by atoms with Crippen LogP contribution in [0, 0.1) is 0 Å². The lowest BCUT2D eigenvalue weighted by molar-refractivity contribution is -0.114. The molecule has 0 aliphatic heterocycles. The number of hydrogen-bond acceptors (Lipinski definition) is 3. The molecule has 6 heteroatoms. The number of anilines is 2. The number of carbonyl (C=O) groups is 1. The number of hydrogen-bond donors (Lipinski definition) is 2. The van der Waals surface area contributed by atoms with E-state index in [-0.39, 0.29) is 12.5 Å². The van der Waals surface area contributed by atoms with E-state index < -0.39 is 0 Å². The minimum Gasteiger partial charge on any atom is -0.495 e. The van der Waals surface area contributed by atoms with Crippen LogP contribution in [0.4, 0.5) is 11.4 Å². The Morgan fingerprint density at radius 2 is 1.81 bits per heavy atom. The monoisotopic (exact) mass is 324 g/mol. The fourth-order valence-electron chi connectivity index (χ4n) is 1.76. The molecule has 0 saturated heterocycles. The summed E-state index contributed by atoms with van der Waals surface area (Å²) >= 11 is 11.9. The molecule has 0 aromatic heterocycles. The van der Waals surface area contributed by atoms with E-state index in [4.69, 9.17) is 27.9 Å². The normalized spacial score (nSPS) is 10.0. The number of rotatable bonds is 5. The van der Waals surface area contributed by atoms with E-state index in [0.717, 1.165) is 0 Å². The van der Waals surface area contributed by atoms with Gasteiger partial charge in [-0.05, 0) is 24.3 Å². The molecule has 4 nitrogen and oxygen atoms in total. The van der Waals surface area contributed by atoms with Gasteiger partial charge in [0.25, 0.3) is 0 Å². The van der Waals surface area contributed by atoms with Gasteiger partial charge in [-0.1, -0.05) is 41.4 Å². The Morgan fingerprint density at radius 1 is 1.10 bits per heavy atom. The average Bonchev–Trinajstić information content (AvgIpc) is 2.49. The molecule has 0 aliphatic rings. The highest BCUT2D eigenvalue weighted by Gasteiger charge is 2.08. The van der Waals surface area contributed by atoms with E-state index >= 15 is 0 Å². The molecule has 0 heterocycles. The predicted molar refractivity (Wildman–Crippen MR) is 86.6 cm³/mol. The number of benzene rings is 2. The zero-order chi connectivity index (χ0) is 15.2. The summed E-state index contributed by atoms with van der Waals surface area (Å²) < 4.78 is 5.17. The summed E-state index contributed by atoms with van der Waals surface area (Å²) in [5, 5.41) is 6.53. The van der Waals surface area contributed by atoms with Crippen LogP contribution in [0.3, 0.4) is 0 Å². The second kappa shape index (κ2) is 7.20. The second-order valence-corrected chi connectivity index (χ2v) is 4.99. The Kier molecular flexibility index (Phi) is 5.31. The van der Waals surface area contributed by atoms with Gasteiger partial charge in [-0.15, -0.1) is 0 Å². The summed E-state index contributed by atoms with van der Waals surface area (Å²) in [6, 6.07) is 12.4. The first kappa shape index (κ1) is 15.5. The Bertz CT molecular complexity index is 647. The van der Waals surface area contributed by atoms with Crippen molar-refractivity contribution in [3.8, 4) is 5.75 Å². The molecule has 2 N–H and O–H groups in total. The van der Waals surface area contributed by atoms with Crippen LogP contribution in [0.5, 0.6) is 5.75 Å². The van der Waals surface area contributed by atoms with Crippen molar-refractivity contribution < 1.29 is 9.53 Å². The lowest BCUT2D eigenvalue weighted by Crippen LogP contribution is -2.22. The molecule has 0 spiro atoms. The SMILES string of the molecule is COc1ccccc1NC(=O)CNc1cccc(Cl)c1Cl. The summed E-state index contributed by atoms with van der Waals surface area (Å²) in [4.78, 5) is 11.9. The van der Waals surface area contributed by atoms with Gasteiger partial charge in [-0.3, -0.25) is 4.79 Å². The fraction of sp³-hybridized carbons (Fsp3) is 0.133. The first-order chi connectivity index (χ1) is 10.1. The van der Waals surface area contributed by atoms with Gasteiger partial charge in [0.1, 0.15) is 5.75 Å². The molecular weight excluding hydrogens is 311 g/mol. The fourth-order valence-corrected chi connectivity index (χ4v) is 2.13. The zero-order valence-corrected chi connectivity index (χ0v) is 12.8. The molecule has 0 radical (unpaired) electrons. The van der Waals surface area contributed by atoms with E-state index in [2.05, 4.69) is 10.6 Å². The quantitative estimate of drug-likeness (QED) is 0.872. The molecule has 0 saturated carbocycles. The summed E-state index contributed by atoms with van der Waals surface area (Å²) in [6.07, 6.45) is 0. The smallest absolute Gasteiger partial charge is 0.243 e. The Morgan fingerprint density at radius 3 is 2.57 bits per heavy atom. The maximum atomic E-state index is 11.9.